The summed E-state index contributed by atoms with van der Waals surface area (Å²) < 4.78 is 40.1. The Kier molecular flexibility index (Phi) is 3.55. The summed E-state index contributed by atoms with van der Waals surface area (Å²) in [6.07, 6.45) is -3.20. The van der Waals surface area contributed by atoms with Crippen LogP contribution in [-0.2, 0) is 13.1 Å². The van der Waals surface area contributed by atoms with Gasteiger partial charge in [-0.15, -0.1) is 13.2 Å². The number of carbonyl (C=O) groups is 1. The first kappa shape index (κ1) is 15.1. The van der Waals surface area contributed by atoms with Gasteiger partial charge in [0.1, 0.15) is 5.75 Å². The molecule has 0 atom stereocenters. The third-order valence-electron chi connectivity index (χ3n) is 3.30. The van der Waals surface area contributed by atoms with E-state index in [2.05, 4.69) is 14.7 Å². The molecule has 0 saturated carbocycles. The Morgan fingerprint density at radius 3 is 2.57 bits per heavy atom. The molecule has 2 heterocycles. The van der Waals surface area contributed by atoms with Gasteiger partial charge < -0.3 is 15.4 Å². The number of fused-ring (bicyclic) bond motifs is 1. The zero-order valence-corrected chi connectivity index (χ0v) is 11.7. The van der Waals surface area contributed by atoms with Crippen LogP contribution in [0.1, 0.15) is 21.6 Å². The number of hydrogen-bond donors (Lipinski definition) is 1. The molecule has 23 heavy (non-hydrogen) atoms. The molecule has 3 rings (SSSR count). The second kappa shape index (κ2) is 5.41. The molecule has 2 N–H and O–H groups in total. The minimum atomic E-state index is -4.76. The highest BCUT2D eigenvalue weighted by Gasteiger charge is 2.31. The van der Waals surface area contributed by atoms with E-state index >= 15 is 0 Å². The molecule has 9 heteroatoms. The maximum absolute atomic E-state index is 12.4. The van der Waals surface area contributed by atoms with Crippen LogP contribution in [0, 0.1) is 0 Å². The summed E-state index contributed by atoms with van der Waals surface area (Å²) in [6, 6.07) is 4.77. The van der Waals surface area contributed by atoms with Crippen molar-refractivity contribution in [2.75, 3.05) is 5.73 Å². The first-order chi connectivity index (χ1) is 10.8. The number of ether oxygens (including phenoxy) is 1. The number of aromatic nitrogens is 2. The van der Waals surface area contributed by atoms with Gasteiger partial charge in [0.15, 0.2) is 0 Å². The Bertz CT molecular complexity index is 747. The van der Waals surface area contributed by atoms with E-state index in [1.807, 2.05) is 0 Å². The van der Waals surface area contributed by atoms with E-state index in [9.17, 15) is 18.0 Å². The summed E-state index contributed by atoms with van der Waals surface area (Å²) >= 11 is 0. The van der Waals surface area contributed by atoms with Gasteiger partial charge in [-0.25, -0.2) is 9.97 Å². The summed E-state index contributed by atoms with van der Waals surface area (Å²) in [5.41, 5.74) is 7.22. The Hall–Kier alpha value is -2.84. The van der Waals surface area contributed by atoms with E-state index in [0.717, 1.165) is 17.7 Å². The SMILES string of the molecule is Nc1ncc2c(n1)CN(C(=O)c1ccc(OC(F)(F)F)cc1)C2. The molecular formula is C14H11F3N4O2. The number of halogens is 3. The summed E-state index contributed by atoms with van der Waals surface area (Å²) in [7, 11) is 0. The van der Waals surface area contributed by atoms with Crippen LogP contribution in [0.4, 0.5) is 19.1 Å². The van der Waals surface area contributed by atoms with Gasteiger partial charge in [-0.3, -0.25) is 4.79 Å². The third-order valence-corrected chi connectivity index (χ3v) is 3.30. The van der Waals surface area contributed by atoms with Crippen molar-refractivity contribution >= 4 is 11.9 Å². The number of hydrogen-bond acceptors (Lipinski definition) is 5. The van der Waals surface area contributed by atoms with Crippen LogP contribution >= 0.6 is 0 Å². The van der Waals surface area contributed by atoms with E-state index < -0.39 is 6.36 Å². The number of nitrogens with zero attached hydrogens (tertiary/aromatic N) is 3. The van der Waals surface area contributed by atoms with Crippen LogP contribution in [0.5, 0.6) is 5.75 Å². The molecule has 0 unspecified atom stereocenters. The van der Waals surface area contributed by atoms with Gasteiger partial charge in [0.2, 0.25) is 5.95 Å². The van der Waals surface area contributed by atoms with Crippen LogP contribution in [0.15, 0.2) is 30.5 Å². The first-order valence-corrected chi connectivity index (χ1v) is 6.57. The Morgan fingerprint density at radius 2 is 1.91 bits per heavy atom. The number of anilines is 1. The zero-order chi connectivity index (χ0) is 16.6. The van der Waals surface area contributed by atoms with Crippen molar-refractivity contribution in [1.29, 1.82) is 0 Å². The largest absolute Gasteiger partial charge is 0.573 e. The average Bonchev–Trinajstić information content (AvgIpc) is 2.88. The highest BCUT2D eigenvalue weighted by Crippen LogP contribution is 2.25. The lowest BCUT2D eigenvalue weighted by molar-refractivity contribution is -0.274. The lowest BCUT2D eigenvalue weighted by Gasteiger charge is -2.15. The standard InChI is InChI=1S/C14H11F3N4O2/c15-14(16,17)23-10-3-1-8(2-4-10)12(22)21-6-9-5-19-13(18)20-11(9)7-21/h1-5H,6-7H2,(H2,18,19,20). The number of benzene rings is 1. The quantitative estimate of drug-likeness (QED) is 0.915. The predicted molar refractivity (Wildman–Crippen MR) is 73.1 cm³/mol. The van der Waals surface area contributed by atoms with Gasteiger partial charge in [0, 0.05) is 23.9 Å². The molecule has 0 aliphatic carbocycles. The molecule has 1 aliphatic rings. The summed E-state index contributed by atoms with van der Waals surface area (Å²) in [4.78, 5) is 21.8. The fourth-order valence-electron chi connectivity index (χ4n) is 2.29. The van der Waals surface area contributed by atoms with Crippen molar-refractivity contribution in [3.8, 4) is 5.75 Å². The normalized spacial score (nSPS) is 13.8. The van der Waals surface area contributed by atoms with Crippen LogP contribution in [0.3, 0.4) is 0 Å². The van der Waals surface area contributed by atoms with E-state index in [1.54, 1.807) is 6.20 Å². The van der Waals surface area contributed by atoms with Gasteiger partial charge >= 0.3 is 6.36 Å². The lowest BCUT2D eigenvalue weighted by atomic mass is 10.2. The van der Waals surface area contributed by atoms with Crippen molar-refractivity contribution in [3.63, 3.8) is 0 Å². The van der Waals surface area contributed by atoms with Crippen LogP contribution in [0.2, 0.25) is 0 Å². The second-order valence-corrected chi connectivity index (χ2v) is 4.93. The molecule has 1 aromatic heterocycles. The number of carbonyl (C=O) groups excluding carboxylic acids is 1. The third kappa shape index (κ3) is 3.33. The van der Waals surface area contributed by atoms with Crippen LogP contribution in [0.25, 0.3) is 0 Å². The smallest absolute Gasteiger partial charge is 0.406 e. The Morgan fingerprint density at radius 1 is 1.22 bits per heavy atom. The summed E-state index contributed by atoms with van der Waals surface area (Å²) in [5, 5.41) is 0. The minimum Gasteiger partial charge on any atom is -0.406 e. The zero-order valence-electron chi connectivity index (χ0n) is 11.7. The van der Waals surface area contributed by atoms with Crippen LogP contribution < -0.4 is 10.5 Å². The second-order valence-electron chi connectivity index (χ2n) is 4.93. The fourth-order valence-corrected chi connectivity index (χ4v) is 2.29. The van der Waals surface area contributed by atoms with E-state index in [0.29, 0.717) is 12.2 Å². The number of nitrogen functional groups attached to an aromatic ring is 1. The maximum Gasteiger partial charge on any atom is 0.573 e. The Balaban J connectivity index is 1.72. The van der Waals surface area contributed by atoms with Crippen LogP contribution in [-0.4, -0.2) is 27.1 Å². The highest BCUT2D eigenvalue weighted by molar-refractivity contribution is 5.94. The van der Waals surface area contributed by atoms with Crippen molar-refractivity contribution in [1.82, 2.24) is 14.9 Å². The molecule has 0 bridgehead atoms. The number of rotatable bonds is 2. The lowest BCUT2D eigenvalue weighted by Crippen LogP contribution is -2.25. The van der Waals surface area contributed by atoms with Gasteiger partial charge in [-0.1, -0.05) is 0 Å². The van der Waals surface area contributed by atoms with E-state index in [4.69, 9.17) is 5.73 Å². The molecule has 0 saturated heterocycles. The molecule has 1 aliphatic heterocycles. The molecule has 2 aromatic rings. The molecule has 0 radical (unpaired) electrons. The van der Waals surface area contributed by atoms with Gasteiger partial charge in [-0.05, 0) is 24.3 Å². The molecule has 6 nitrogen and oxygen atoms in total. The van der Waals surface area contributed by atoms with Crippen molar-refractivity contribution in [2.24, 2.45) is 0 Å². The molecular weight excluding hydrogens is 313 g/mol. The van der Waals surface area contributed by atoms with Gasteiger partial charge in [-0.2, -0.15) is 0 Å². The topological polar surface area (TPSA) is 81.3 Å². The number of alkyl halides is 3. The summed E-state index contributed by atoms with van der Waals surface area (Å²) in [6.45, 7) is 0.608. The molecule has 1 aromatic carbocycles. The highest BCUT2D eigenvalue weighted by atomic mass is 19.4. The monoisotopic (exact) mass is 324 g/mol. The van der Waals surface area contributed by atoms with Crippen molar-refractivity contribution < 1.29 is 22.7 Å². The van der Waals surface area contributed by atoms with E-state index in [-0.39, 0.29) is 29.7 Å². The molecule has 0 fully saturated rings. The summed E-state index contributed by atoms with van der Waals surface area (Å²) in [5.74, 6) is -0.566. The maximum atomic E-state index is 12.4. The molecule has 120 valence electrons. The Labute approximate surface area is 128 Å². The van der Waals surface area contributed by atoms with Crippen molar-refractivity contribution in [3.05, 3.63) is 47.3 Å². The number of nitrogens with two attached hydrogens (primary N) is 1. The molecule has 0 spiro atoms. The predicted octanol–water partition coefficient (Wildman–Crippen LogP) is 2.11. The first-order valence-electron chi connectivity index (χ1n) is 6.57. The number of amides is 1. The van der Waals surface area contributed by atoms with Gasteiger partial charge in [0.25, 0.3) is 5.91 Å². The van der Waals surface area contributed by atoms with Gasteiger partial charge in [0.05, 0.1) is 12.2 Å². The van der Waals surface area contributed by atoms with E-state index in [1.165, 1.54) is 17.0 Å². The minimum absolute atomic E-state index is 0.131. The van der Waals surface area contributed by atoms with Crippen molar-refractivity contribution in [2.45, 2.75) is 19.5 Å². The fraction of sp³-hybridized carbons (Fsp3) is 0.214. The average molecular weight is 324 g/mol. The molecule has 1 amide bonds.